The molecule has 3 heteroatoms. The van der Waals surface area contributed by atoms with E-state index in [0.717, 1.165) is 33.0 Å². The van der Waals surface area contributed by atoms with Gasteiger partial charge in [0, 0.05) is 43.2 Å². The minimum atomic E-state index is 0.921. The van der Waals surface area contributed by atoms with Crippen LogP contribution < -0.4 is 0 Å². The number of benzene rings is 5. The van der Waals surface area contributed by atoms with E-state index in [1.807, 2.05) is 6.07 Å². The summed E-state index contributed by atoms with van der Waals surface area (Å²) in [4.78, 5) is 3.73. The first-order valence-corrected chi connectivity index (χ1v) is 11.3. The summed E-state index contributed by atoms with van der Waals surface area (Å²) in [6.07, 6.45) is 0. The molecule has 0 aliphatic rings. The van der Waals surface area contributed by atoms with E-state index in [9.17, 15) is 0 Å². The first kappa shape index (κ1) is 16.2. The van der Waals surface area contributed by atoms with Gasteiger partial charge in [-0.05, 0) is 29.7 Å². The van der Waals surface area contributed by atoms with Crippen LogP contribution in [0.2, 0.25) is 0 Å². The molecule has 0 amide bonds. The summed E-state index contributed by atoms with van der Waals surface area (Å²) in [5.41, 5.74) is 7.77. The molecule has 0 fully saturated rings. The molecule has 0 aliphatic heterocycles. The number of hydrogen-bond donors (Lipinski definition) is 1. The third-order valence-corrected chi connectivity index (χ3v) is 7.45. The van der Waals surface area contributed by atoms with E-state index in [-0.39, 0.29) is 0 Å². The number of nitrogens with zero attached hydrogens (tertiary/aromatic N) is 1. The molecule has 1 N–H and O–H groups in total. The summed E-state index contributed by atoms with van der Waals surface area (Å²) in [5.74, 6) is 0. The SMILES string of the molecule is c1ccc2c(c1)oc1c2cc2c3c1[nH]c1cccc(c4cccc5c6ccccc6n2c45)c13. The lowest BCUT2D eigenvalue weighted by atomic mass is 10.0. The van der Waals surface area contributed by atoms with Crippen molar-refractivity contribution in [1.29, 1.82) is 0 Å². The first-order valence-electron chi connectivity index (χ1n) is 11.3. The van der Waals surface area contributed by atoms with Crippen molar-refractivity contribution >= 4 is 81.8 Å². The molecule has 0 spiro atoms. The molecule has 9 aromatic rings. The summed E-state index contributed by atoms with van der Waals surface area (Å²) < 4.78 is 8.90. The number of H-pyrrole nitrogens is 1. The molecule has 5 aromatic carbocycles. The molecular formula is C30H16N2O. The van der Waals surface area contributed by atoms with Gasteiger partial charge in [0.05, 0.1) is 22.1 Å². The molecule has 4 aromatic heterocycles. The Hall–Kier alpha value is -4.50. The molecule has 0 bridgehead atoms. The molecule has 0 radical (unpaired) electrons. The summed E-state index contributed by atoms with van der Waals surface area (Å²) in [6, 6.07) is 32.7. The molecule has 152 valence electrons. The second kappa shape index (κ2) is 5.28. The Morgan fingerprint density at radius 1 is 0.576 bits per heavy atom. The quantitative estimate of drug-likeness (QED) is 0.263. The van der Waals surface area contributed by atoms with Gasteiger partial charge >= 0.3 is 0 Å². The molecule has 0 unspecified atom stereocenters. The fourth-order valence-corrected chi connectivity index (χ4v) is 6.16. The van der Waals surface area contributed by atoms with E-state index >= 15 is 0 Å². The molecule has 9 rings (SSSR count). The summed E-state index contributed by atoms with van der Waals surface area (Å²) in [6.45, 7) is 0. The highest BCUT2D eigenvalue weighted by molar-refractivity contribution is 6.34. The van der Waals surface area contributed by atoms with Crippen LogP contribution in [0.15, 0.2) is 95.4 Å². The van der Waals surface area contributed by atoms with Gasteiger partial charge in [-0.1, -0.05) is 66.7 Å². The van der Waals surface area contributed by atoms with Crippen molar-refractivity contribution < 1.29 is 4.42 Å². The van der Waals surface area contributed by atoms with Gasteiger partial charge in [0.1, 0.15) is 5.58 Å². The van der Waals surface area contributed by atoms with Crippen LogP contribution in [0.4, 0.5) is 0 Å². The van der Waals surface area contributed by atoms with Crippen molar-refractivity contribution in [1.82, 2.24) is 9.38 Å². The maximum absolute atomic E-state index is 6.43. The molecular weight excluding hydrogens is 404 g/mol. The van der Waals surface area contributed by atoms with Gasteiger partial charge in [0.25, 0.3) is 0 Å². The minimum absolute atomic E-state index is 0.921. The van der Waals surface area contributed by atoms with Gasteiger partial charge < -0.3 is 13.8 Å². The van der Waals surface area contributed by atoms with Crippen molar-refractivity contribution in [2.24, 2.45) is 0 Å². The van der Waals surface area contributed by atoms with Crippen LogP contribution in [0, 0.1) is 0 Å². The zero-order chi connectivity index (χ0) is 21.3. The summed E-state index contributed by atoms with van der Waals surface area (Å²) >= 11 is 0. The second-order valence-electron chi connectivity index (χ2n) is 9.03. The van der Waals surface area contributed by atoms with Gasteiger partial charge in [0.2, 0.25) is 0 Å². The van der Waals surface area contributed by atoms with E-state index in [2.05, 4.69) is 94.3 Å². The molecule has 0 aliphatic carbocycles. The van der Waals surface area contributed by atoms with E-state index in [1.165, 1.54) is 48.9 Å². The highest BCUT2D eigenvalue weighted by Gasteiger charge is 2.22. The van der Waals surface area contributed by atoms with Crippen LogP contribution >= 0.6 is 0 Å². The largest absolute Gasteiger partial charge is 0.454 e. The number of nitrogens with one attached hydrogen (secondary N) is 1. The average molecular weight is 420 g/mol. The number of furan rings is 1. The number of aromatic amines is 1. The number of fused-ring (bicyclic) bond motifs is 9. The number of aromatic nitrogens is 2. The van der Waals surface area contributed by atoms with Crippen LogP contribution in [0.1, 0.15) is 0 Å². The Kier molecular flexibility index (Phi) is 2.59. The maximum Gasteiger partial charge on any atom is 0.159 e. The standard InChI is InChI=1S/C30H16N2O/c1-3-13-23-16(7-1)19-10-5-11-20-18-9-6-12-22-26(18)27-24(32(23)29(19)20)15-21-17-8-2-4-14-25(17)33-30(21)28(27)31-22/h1-15,31H. The third kappa shape index (κ3) is 1.74. The molecule has 33 heavy (non-hydrogen) atoms. The second-order valence-corrected chi connectivity index (χ2v) is 9.03. The predicted octanol–water partition coefficient (Wildman–Crippen LogP) is 8.37. The number of rotatable bonds is 0. The Balaban J connectivity index is 1.78. The zero-order valence-corrected chi connectivity index (χ0v) is 17.5. The van der Waals surface area contributed by atoms with Crippen molar-refractivity contribution in [3.63, 3.8) is 0 Å². The lowest BCUT2D eigenvalue weighted by Crippen LogP contribution is -1.85. The molecule has 0 saturated heterocycles. The molecule has 0 atom stereocenters. The lowest BCUT2D eigenvalue weighted by molar-refractivity contribution is 0.672. The van der Waals surface area contributed by atoms with E-state index < -0.39 is 0 Å². The Morgan fingerprint density at radius 2 is 1.30 bits per heavy atom. The van der Waals surface area contributed by atoms with Gasteiger partial charge in [-0.15, -0.1) is 0 Å². The van der Waals surface area contributed by atoms with Crippen LogP contribution in [0.25, 0.3) is 81.8 Å². The lowest BCUT2D eigenvalue weighted by Gasteiger charge is -2.02. The fraction of sp³-hybridized carbons (Fsp3) is 0. The topological polar surface area (TPSA) is 33.3 Å². The molecule has 3 nitrogen and oxygen atoms in total. The smallest absolute Gasteiger partial charge is 0.159 e. The number of hydrogen-bond acceptors (Lipinski definition) is 1. The Labute approximate surface area is 186 Å². The van der Waals surface area contributed by atoms with Gasteiger partial charge in [-0.3, -0.25) is 0 Å². The van der Waals surface area contributed by atoms with Crippen LogP contribution in [0.5, 0.6) is 0 Å². The summed E-state index contributed by atoms with van der Waals surface area (Å²) in [7, 11) is 0. The van der Waals surface area contributed by atoms with Gasteiger partial charge in [-0.2, -0.15) is 0 Å². The minimum Gasteiger partial charge on any atom is -0.454 e. The van der Waals surface area contributed by atoms with Crippen LogP contribution in [0.3, 0.4) is 0 Å². The van der Waals surface area contributed by atoms with E-state index in [1.54, 1.807) is 0 Å². The normalized spacial score (nSPS) is 12.8. The Bertz CT molecular complexity index is 2240. The van der Waals surface area contributed by atoms with E-state index in [0.29, 0.717) is 0 Å². The highest BCUT2D eigenvalue weighted by atomic mass is 16.3. The van der Waals surface area contributed by atoms with Crippen molar-refractivity contribution in [2.75, 3.05) is 0 Å². The van der Waals surface area contributed by atoms with Crippen molar-refractivity contribution in [3.8, 4) is 0 Å². The first-order chi connectivity index (χ1) is 16.4. The fourth-order valence-electron chi connectivity index (χ4n) is 6.16. The van der Waals surface area contributed by atoms with Gasteiger partial charge in [0.15, 0.2) is 5.58 Å². The summed E-state index contributed by atoms with van der Waals surface area (Å²) in [5, 5.41) is 9.90. The van der Waals surface area contributed by atoms with E-state index in [4.69, 9.17) is 4.42 Å². The maximum atomic E-state index is 6.43. The molecule has 4 heterocycles. The average Bonchev–Trinajstić information content (AvgIpc) is 3.50. The van der Waals surface area contributed by atoms with Crippen LogP contribution in [-0.2, 0) is 0 Å². The third-order valence-electron chi connectivity index (χ3n) is 7.45. The monoisotopic (exact) mass is 420 g/mol. The highest BCUT2D eigenvalue weighted by Crippen LogP contribution is 2.45. The Morgan fingerprint density at radius 3 is 2.24 bits per heavy atom. The number of para-hydroxylation sites is 3. The van der Waals surface area contributed by atoms with Crippen LogP contribution in [-0.4, -0.2) is 9.38 Å². The van der Waals surface area contributed by atoms with Gasteiger partial charge in [-0.25, -0.2) is 0 Å². The zero-order valence-electron chi connectivity index (χ0n) is 17.5. The van der Waals surface area contributed by atoms with Crippen molar-refractivity contribution in [2.45, 2.75) is 0 Å². The molecule has 0 saturated carbocycles. The predicted molar refractivity (Wildman–Crippen MR) is 138 cm³/mol. The van der Waals surface area contributed by atoms with Crippen molar-refractivity contribution in [3.05, 3.63) is 91.0 Å².